The van der Waals surface area contributed by atoms with Gasteiger partial charge in [0.05, 0.1) is 5.69 Å². The first-order valence-corrected chi connectivity index (χ1v) is 6.44. The Morgan fingerprint density at radius 2 is 1.68 bits per heavy atom. The summed E-state index contributed by atoms with van der Waals surface area (Å²) in [6.45, 7) is 2.80. The molecule has 2 N–H and O–H groups in total. The third-order valence-electron chi connectivity index (χ3n) is 3.23. The molecule has 3 heteroatoms. The number of hydrogen-bond donors (Lipinski definition) is 1. The van der Waals surface area contributed by atoms with Gasteiger partial charge in [-0.25, -0.2) is 4.39 Å². The SMILES string of the molecule is CCc1ccc(CN(C)c2ccc(N)cc2F)cc1. The molecule has 0 aliphatic rings. The Hall–Kier alpha value is -2.03. The molecular formula is C16H19FN2. The highest BCUT2D eigenvalue weighted by Gasteiger charge is 2.08. The van der Waals surface area contributed by atoms with Gasteiger partial charge in [-0.3, -0.25) is 0 Å². The minimum absolute atomic E-state index is 0.285. The average molecular weight is 258 g/mol. The number of rotatable bonds is 4. The normalized spacial score (nSPS) is 10.5. The van der Waals surface area contributed by atoms with Crippen molar-refractivity contribution in [1.82, 2.24) is 0 Å². The number of benzene rings is 2. The molecule has 0 fully saturated rings. The van der Waals surface area contributed by atoms with Gasteiger partial charge in [0.2, 0.25) is 0 Å². The molecule has 0 spiro atoms. The zero-order valence-electron chi connectivity index (χ0n) is 11.4. The van der Waals surface area contributed by atoms with Crippen LogP contribution in [-0.4, -0.2) is 7.05 Å². The van der Waals surface area contributed by atoms with Crippen LogP contribution in [-0.2, 0) is 13.0 Å². The van der Waals surface area contributed by atoms with Gasteiger partial charge < -0.3 is 10.6 Å². The van der Waals surface area contributed by atoms with Crippen LogP contribution in [0.25, 0.3) is 0 Å². The van der Waals surface area contributed by atoms with E-state index in [0.29, 0.717) is 17.9 Å². The Morgan fingerprint density at radius 1 is 1.05 bits per heavy atom. The molecule has 0 aliphatic heterocycles. The lowest BCUT2D eigenvalue weighted by Crippen LogP contribution is -2.17. The van der Waals surface area contributed by atoms with E-state index in [4.69, 9.17) is 5.73 Å². The fraction of sp³-hybridized carbons (Fsp3) is 0.250. The molecule has 0 amide bonds. The summed E-state index contributed by atoms with van der Waals surface area (Å²) in [7, 11) is 1.88. The second kappa shape index (κ2) is 5.74. The Kier molecular flexibility index (Phi) is 4.05. The molecule has 100 valence electrons. The van der Waals surface area contributed by atoms with Crippen LogP contribution in [0.2, 0.25) is 0 Å². The number of anilines is 2. The van der Waals surface area contributed by atoms with Crippen molar-refractivity contribution in [3.63, 3.8) is 0 Å². The molecule has 0 heterocycles. The fourth-order valence-electron chi connectivity index (χ4n) is 2.07. The Labute approximate surface area is 113 Å². The van der Waals surface area contributed by atoms with Crippen LogP contribution in [0, 0.1) is 5.82 Å². The molecule has 0 atom stereocenters. The maximum atomic E-state index is 13.8. The summed E-state index contributed by atoms with van der Waals surface area (Å²) < 4.78 is 13.8. The quantitative estimate of drug-likeness (QED) is 0.849. The maximum absolute atomic E-state index is 13.8. The van der Waals surface area contributed by atoms with Gasteiger partial charge in [0.25, 0.3) is 0 Å². The molecule has 0 unspecified atom stereocenters. The van der Waals surface area contributed by atoms with Crippen molar-refractivity contribution in [3.8, 4) is 0 Å². The molecule has 2 nitrogen and oxygen atoms in total. The van der Waals surface area contributed by atoms with E-state index in [1.54, 1.807) is 12.1 Å². The van der Waals surface area contributed by atoms with Gasteiger partial charge in [-0.15, -0.1) is 0 Å². The summed E-state index contributed by atoms with van der Waals surface area (Å²) >= 11 is 0. The van der Waals surface area contributed by atoms with Gasteiger partial charge >= 0.3 is 0 Å². The lowest BCUT2D eigenvalue weighted by Gasteiger charge is -2.20. The maximum Gasteiger partial charge on any atom is 0.148 e. The first-order chi connectivity index (χ1) is 9.10. The number of nitrogen functional groups attached to an aromatic ring is 1. The van der Waals surface area contributed by atoms with E-state index in [-0.39, 0.29) is 5.82 Å². The van der Waals surface area contributed by atoms with Crippen molar-refractivity contribution in [2.45, 2.75) is 19.9 Å². The third-order valence-corrected chi connectivity index (χ3v) is 3.23. The second-order valence-corrected chi connectivity index (χ2v) is 4.74. The Bertz CT molecular complexity index is 549. The molecule has 0 saturated carbocycles. The van der Waals surface area contributed by atoms with E-state index in [1.165, 1.54) is 11.6 Å². The van der Waals surface area contributed by atoms with Gasteiger partial charge in [-0.1, -0.05) is 31.2 Å². The van der Waals surface area contributed by atoms with Crippen LogP contribution in [0.3, 0.4) is 0 Å². The zero-order chi connectivity index (χ0) is 13.8. The molecule has 0 saturated heterocycles. The second-order valence-electron chi connectivity index (χ2n) is 4.74. The molecule has 19 heavy (non-hydrogen) atoms. The molecule has 2 rings (SSSR count). The zero-order valence-corrected chi connectivity index (χ0v) is 11.4. The van der Waals surface area contributed by atoms with Crippen molar-refractivity contribution >= 4 is 11.4 Å². The van der Waals surface area contributed by atoms with E-state index >= 15 is 0 Å². The number of halogens is 1. The summed E-state index contributed by atoms with van der Waals surface area (Å²) in [6, 6.07) is 13.2. The smallest absolute Gasteiger partial charge is 0.148 e. The number of aryl methyl sites for hydroxylation is 1. The highest BCUT2D eigenvalue weighted by molar-refractivity contribution is 5.54. The lowest BCUT2D eigenvalue weighted by atomic mass is 10.1. The molecule has 2 aromatic rings. The van der Waals surface area contributed by atoms with Gasteiger partial charge in [0.1, 0.15) is 5.82 Å². The number of nitrogens with zero attached hydrogens (tertiary/aromatic N) is 1. The molecular weight excluding hydrogens is 239 g/mol. The van der Waals surface area contributed by atoms with Crippen molar-refractivity contribution in [2.24, 2.45) is 0 Å². The van der Waals surface area contributed by atoms with Gasteiger partial charge in [-0.2, -0.15) is 0 Å². The number of nitrogens with two attached hydrogens (primary N) is 1. The summed E-state index contributed by atoms with van der Waals surface area (Å²) in [5.74, 6) is -0.285. The van der Waals surface area contributed by atoms with Crippen LogP contribution in [0.1, 0.15) is 18.1 Å². The first kappa shape index (κ1) is 13.4. The Morgan fingerprint density at radius 3 is 2.26 bits per heavy atom. The van der Waals surface area contributed by atoms with Crippen molar-refractivity contribution in [2.75, 3.05) is 17.7 Å². The fourth-order valence-corrected chi connectivity index (χ4v) is 2.07. The molecule has 0 bridgehead atoms. The highest BCUT2D eigenvalue weighted by Crippen LogP contribution is 2.22. The monoisotopic (exact) mass is 258 g/mol. The average Bonchev–Trinajstić information content (AvgIpc) is 2.39. The third kappa shape index (κ3) is 3.25. The van der Waals surface area contributed by atoms with E-state index in [9.17, 15) is 4.39 Å². The minimum Gasteiger partial charge on any atom is -0.399 e. The van der Waals surface area contributed by atoms with E-state index < -0.39 is 0 Å². The van der Waals surface area contributed by atoms with Crippen LogP contribution in [0.4, 0.5) is 15.8 Å². The molecule has 0 aliphatic carbocycles. The van der Waals surface area contributed by atoms with E-state index in [0.717, 1.165) is 12.0 Å². The topological polar surface area (TPSA) is 29.3 Å². The summed E-state index contributed by atoms with van der Waals surface area (Å²) in [5.41, 5.74) is 9.04. The van der Waals surface area contributed by atoms with E-state index in [1.807, 2.05) is 11.9 Å². The van der Waals surface area contributed by atoms with Crippen LogP contribution in [0.5, 0.6) is 0 Å². The largest absolute Gasteiger partial charge is 0.399 e. The number of hydrogen-bond acceptors (Lipinski definition) is 2. The molecule has 0 aromatic heterocycles. The predicted octanol–water partition coefficient (Wildman–Crippen LogP) is 3.61. The first-order valence-electron chi connectivity index (χ1n) is 6.44. The van der Waals surface area contributed by atoms with Gasteiger partial charge in [0, 0.05) is 19.3 Å². The van der Waals surface area contributed by atoms with Crippen LogP contribution < -0.4 is 10.6 Å². The van der Waals surface area contributed by atoms with Crippen molar-refractivity contribution in [1.29, 1.82) is 0 Å². The minimum atomic E-state index is -0.285. The van der Waals surface area contributed by atoms with Crippen LogP contribution in [0.15, 0.2) is 42.5 Å². The van der Waals surface area contributed by atoms with Crippen LogP contribution >= 0.6 is 0 Å². The van der Waals surface area contributed by atoms with Crippen molar-refractivity contribution in [3.05, 3.63) is 59.4 Å². The summed E-state index contributed by atoms with van der Waals surface area (Å²) in [5, 5.41) is 0. The van der Waals surface area contributed by atoms with Gasteiger partial charge in [-0.05, 0) is 35.7 Å². The standard InChI is InChI=1S/C16H19FN2/c1-3-12-4-6-13(7-5-12)11-19(2)16-9-8-14(18)10-15(16)17/h4-10H,3,11,18H2,1-2H3. The molecule has 2 aromatic carbocycles. The molecule has 0 radical (unpaired) electrons. The lowest BCUT2D eigenvalue weighted by molar-refractivity contribution is 0.623. The highest BCUT2D eigenvalue weighted by atomic mass is 19.1. The summed E-state index contributed by atoms with van der Waals surface area (Å²) in [6.07, 6.45) is 1.03. The predicted molar refractivity (Wildman–Crippen MR) is 78.7 cm³/mol. The summed E-state index contributed by atoms with van der Waals surface area (Å²) in [4.78, 5) is 1.88. The Balaban J connectivity index is 2.13. The van der Waals surface area contributed by atoms with Crippen molar-refractivity contribution < 1.29 is 4.39 Å². The van der Waals surface area contributed by atoms with Gasteiger partial charge in [0.15, 0.2) is 0 Å². The van der Waals surface area contributed by atoms with E-state index in [2.05, 4.69) is 31.2 Å².